The Hall–Kier alpha value is -2.38. The molecule has 3 rings (SSSR count). The molecule has 0 spiro atoms. The first-order valence-electron chi connectivity index (χ1n) is 8.93. The van der Waals surface area contributed by atoms with E-state index in [2.05, 4.69) is 86.8 Å². The fourth-order valence-corrected chi connectivity index (χ4v) is 3.39. The third kappa shape index (κ3) is 4.18. The molecule has 0 aromatic heterocycles. The summed E-state index contributed by atoms with van der Waals surface area (Å²) >= 11 is 0. The summed E-state index contributed by atoms with van der Waals surface area (Å²) in [5.41, 5.74) is 9.01. The number of rotatable bonds is 7. The summed E-state index contributed by atoms with van der Waals surface area (Å²) in [6, 6.07) is 15.3. The summed E-state index contributed by atoms with van der Waals surface area (Å²) in [6.07, 6.45) is 7.37. The lowest BCUT2D eigenvalue weighted by molar-refractivity contribution is 0.402. The molecule has 0 aliphatic heterocycles. The van der Waals surface area contributed by atoms with Gasteiger partial charge in [0.1, 0.15) is 0 Å². The summed E-state index contributed by atoms with van der Waals surface area (Å²) < 4.78 is 0. The summed E-state index contributed by atoms with van der Waals surface area (Å²) in [4.78, 5) is 2.20. The van der Waals surface area contributed by atoms with Gasteiger partial charge in [0, 0.05) is 6.54 Å². The molecule has 0 bridgehead atoms. The van der Waals surface area contributed by atoms with Gasteiger partial charge in [-0.15, -0.1) is 0 Å². The monoisotopic (exact) mass is 329 g/mol. The Kier molecular flexibility index (Phi) is 5.35. The first-order chi connectivity index (χ1) is 12.0. The van der Waals surface area contributed by atoms with Crippen molar-refractivity contribution < 1.29 is 0 Å². The van der Waals surface area contributed by atoms with Crippen molar-refractivity contribution in [3.63, 3.8) is 0 Å². The molecule has 1 heteroatoms. The molecular formula is C24H27N. The van der Waals surface area contributed by atoms with Crippen LogP contribution in [0.3, 0.4) is 0 Å². The fourth-order valence-electron chi connectivity index (χ4n) is 3.39. The summed E-state index contributed by atoms with van der Waals surface area (Å²) in [6.45, 7) is 9.60. The molecule has 0 fully saturated rings. The molecule has 0 saturated heterocycles. The minimum absolute atomic E-state index is 0.938. The Morgan fingerprint density at radius 3 is 2.56 bits per heavy atom. The van der Waals surface area contributed by atoms with Crippen LogP contribution in [0.4, 0.5) is 0 Å². The Labute approximate surface area is 152 Å². The number of benzene rings is 2. The molecule has 0 N–H and O–H groups in total. The van der Waals surface area contributed by atoms with Crippen LogP contribution in [0.5, 0.6) is 0 Å². The molecule has 0 atom stereocenters. The topological polar surface area (TPSA) is 3.24 Å². The van der Waals surface area contributed by atoms with E-state index in [0.29, 0.717) is 0 Å². The molecule has 2 aromatic rings. The molecule has 1 aliphatic carbocycles. The number of fused-ring (bicyclic) bond motifs is 1. The first-order valence-corrected chi connectivity index (χ1v) is 8.93. The SMILES string of the molecule is C=C(CCC(=C)c1ccccc1CN(C)C)c1ccc2c(c1)C=CC2. The van der Waals surface area contributed by atoms with Gasteiger partial charge in [-0.25, -0.2) is 0 Å². The van der Waals surface area contributed by atoms with E-state index < -0.39 is 0 Å². The lowest BCUT2D eigenvalue weighted by Gasteiger charge is -2.16. The standard InChI is InChI=1S/C24H27N/c1-18(21-15-14-20-9-7-10-22(20)16-21)12-13-19(2)24-11-6-5-8-23(24)17-25(3)4/h5-8,10-11,14-16H,1-2,9,12-13,17H2,3-4H3. The average Bonchev–Trinajstić information content (AvgIpc) is 3.07. The van der Waals surface area contributed by atoms with Crippen LogP contribution in [0.25, 0.3) is 17.2 Å². The lowest BCUT2D eigenvalue weighted by atomic mass is 9.93. The predicted molar refractivity (Wildman–Crippen MR) is 110 cm³/mol. The average molecular weight is 329 g/mol. The van der Waals surface area contributed by atoms with Gasteiger partial charge in [0.15, 0.2) is 0 Å². The highest BCUT2D eigenvalue weighted by Crippen LogP contribution is 2.29. The van der Waals surface area contributed by atoms with Crippen LogP contribution < -0.4 is 0 Å². The molecule has 2 aromatic carbocycles. The van der Waals surface area contributed by atoms with E-state index in [-0.39, 0.29) is 0 Å². The normalized spacial score (nSPS) is 12.4. The second kappa shape index (κ2) is 7.67. The van der Waals surface area contributed by atoms with Crippen LogP contribution in [-0.4, -0.2) is 19.0 Å². The van der Waals surface area contributed by atoms with Gasteiger partial charge in [-0.2, -0.15) is 0 Å². The number of hydrogen-bond donors (Lipinski definition) is 0. The van der Waals surface area contributed by atoms with E-state index in [4.69, 9.17) is 0 Å². The molecule has 0 amide bonds. The Morgan fingerprint density at radius 1 is 1.00 bits per heavy atom. The van der Waals surface area contributed by atoms with Crippen LogP contribution in [0.15, 0.2) is 61.7 Å². The third-order valence-electron chi connectivity index (χ3n) is 4.80. The van der Waals surface area contributed by atoms with Crippen LogP contribution >= 0.6 is 0 Å². The maximum Gasteiger partial charge on any atom is 0.0233 e. The van der Waals surface area contributed by atoms with E-state index in [0.717, 1.165) is 25.8 Å². The van der Waals surface area contributed by atoms with Crippen LogP contribution in [0.1, 0.15) is 40.7 Å². The molecule has 0 heterocycles. The summed E-state index contributed by atoms with van der Waals surface area (Å²) in [5, 5.41) is 0. The van der Waals surface area contributed by atoms with Crippen LogP contribution in [-0.2, 0) is 13.0 Å². The highest BCUT2D eigenvalue weighted by Gasteiger charge is 2.10. The van der Waals surface area contributed by atoms with Gasteiger partial charge in [-0.05, 0) is 78.4 Å². The molecular weight excluding hydrogens is 302 g/mol. The van der Waals surface area contributed by atoms with Crippen molar-refractivity contribution in [1.29, 1.82) is 0 Å². The molecule has 128 valence electrons. The zero-order valence-corrected chi connectivity index (χ0v) is 15.4. The molecule has 0 saturated carbocycles. The van der Waals surface area contributed by atoms with Crippen LogP contribution in [0, 0.1) is 0 Å². The maximum absolute atomic E-state index is 4.35. The molecule has 1 aliphatic rings. The highest BCUT2D eigenvalue weighted by atomic mass is 15.0. The zero-order chi connectivity index (χ0) is 17.8. The predicted octanol–water partition coefficient (Wildman–Crippen LogP) is 5.82. The summed E-state index contributed by atoms with van der Waals surface area (Å²) in [5.74, 6) is 0. The second-order valence-corrected chi connectivity index (χ2v) is 7.12. The van der Waals surface area contributed by atoms with Crippen molar-refractivity contribution in [2.24, 2.45) is 0 Å². The van der Waals surface area contributed by atoms with Crippen molar-refractivity contribution in [2.45, 2.75) is 25.8 Å². The van der Waals surface area contributed by atoms with Gasteiger partial charge in [0.05, 0.1) is 0 Å². The first kappa shape index (κ1) is 17.4. The van der Waals surface area contributed by atoms with E-state index >= 15 is 0 Å². The van der Waals surface area contributed by atoms with E-state index in [1.165, 1.54) is 39.0 Å². The van der Waals surface area contributed by atoms with Crippen molar-refractivity contribution >= 4 is 17.2 Å². The lowest BCUT2D eigenvalue weighted by Crippen LogP contribution is -2.12. The maximum atomic E-state index is 4.35. The van der Waals surface area contributed by atoms with Gasteiger partial charge in [0.25, 0.3) is 0 Å². The van der Waals surface area contributed by atoms with Gasteiger partial charge in [0.2, 0.25) is 0 Å². The van der Waals surface area contributed by atoms with Gasteiger partial charge < -0.3 is 4.90 Å². The van der Waals surface area contributed by atoms with Crippen molar-refractivity contribution in [1.82, 2.24) is 4.90 Å². The minimum Gasteiger partial charge on any atom is -0.305 e. The zero-order valence-electron chi connectivity index (χ0n) is 15.4. The number of hydrogen-bond acceptors (Lipinski definition) is 1. The van der Waals surface area contributed by atoms with Crippen molar-refractivity contribution in [3.05, 3.63) is 89.5 Å². The van der Waals surface area contributed by atoms with E-state index in [1.54, 1.807) is 0 Å². The van der Waals surface area contributed by atoms with Crippen LogP contribution in [0.2, 0.25) is 0 Å². The molecule has 1 nitrogen and oxygen atoms in total. The Bertz CT molecular complexity index is 824. The van der Waals surface area contributed by atoms with Gasteiger partial charge in [-0.3, -0.25) is 0 Å². The van der Waals surface area contributed by atoms with Crippen molar-refractivity contribution in [2.75, 3.05) is 14.1 Å². The second-order valence-electron chi connectivity index (χ2n) is 7.12. The summed E-state index contributed by atoms with van der Waals surface area (Å²) in [7, 11) is 4.20. The number of allylic oxidation sites excluding steroid dienone is 3. The minimum atomic E-state index is 0.938. The van der Waals surface area contributed by atoms with E-state index in [9.17, 15) is 0 Å². The van der Waals surface area contributed by atoms with Gasteiger partial charge >= 0.3 is 0 Å². The fraction of sp³-hybridized carbons (Fsp3) is 0.250. The quantitative estimate of drug-likeness (QED) is 0.618. The molecule has 25 heavy (non-hydrogen) atoms. The number of nitrogens with zero attached hydrogens (tertiary/aromatic N) is 1. The smallest absolute Gasteiger partial charge is 0.0233 e. The third-order valence-corrected chi connectivity index (χ3v) is 4.80. The Morgan fingerprint density at radius 2 is 1.76 bits per heavy atom. The molecule has 0 unspecified atom stereocenters. The highest BCUT2D eigenvalue weighted by molar-refractivity contribution is 5.73. The Balaban J connectivity index is 1.66. The largest absolute Gasteiger partial charge is 0.305 e. The van der Waals surface area contributed by atoms with Crippen molar-refractivity contribution in [3.8, 4) is 0 Å². The van der Waals surface area contributed by atoms with Gasteiger partial charge in [-0.1, -0.05) is 61.7 Å². The molecule has 0 radical (unpaired) electrons. The van der Waals surface area contributed by atoms with E-state index in [1.807, 2.05) is 0 Å².